The van der Waals surface area contributed by atoms with Crippen molar-refractivity contribution in [2.45, 2.75) is 32.7 Å². The molecule has 0 aromatic carbocycles. The zero-order chi connectivity index (χ0) is 13.1. The van der Waals surface area contributed by atoms with Crippen LogP contribution < -0.4 is 5.73 Å². The van der Waals surface area contributed by atoms with E-state index in [0.29, 0.717) is 0 Å². The number of nitrogens with two attached hydrogens (primary N) is 1. The van der Waals surface area contributed by atoms with E-state index < -0.39 is 0 Å². The van der Waals surface area contributed by atoms with Gasteiger partial charge in [-0.2, -0.15) is 0 Å². The lowest BCUT2D eigenvalue weighted by Crippen LogP contribution is -2.16. The Balaban J connectivity index is 2.26. The lowest BCUT2D eigenvalue weighted by atomic mass is 10.2. The van der Waals surface area contributed by atoms with Crippen LogP contribution in [0.15, 0.2) is 22.0 Å². The Bertz CT molecular complexity index is 537. The Morgan fingerprint density at radius 2 is 2.17 bits per heavy atom. The Morgan fingerprint density at radius 3 is 2.78 bits per heavy atom. The van der Waals surface area contributed by atoms with Crippen molar-refractivity contribution in [3.63, 3.8) is 0 Å². The summed E-state index contributed by atoms with van der Waals surface area (Å²) in [5, 5.41) is 2.06. The van der Waals surface area contributed by atoms with Gasteiger partial charge in [-0.15, -0.1) is 11.3 Å². The molecule has 2 aromatic rings. The van der Waals surface area contributed by atoms with Crippen molar-refractivity contribution in [3.05, 3.63) is 33.5 Å². The van der Waals surface area contributed by atoms with Crippen molar-refractivity contribution < 1.29 is 0 Å². The van der Waals surface area contributed by atoms with Crippen LogP contribution in [0.1, 0.15) is 24.9 Å². The van der Waals surface area contributed by atoms with Gasteiger partial charge in [-0.05, 0) is 48.3 Å². The van der Waals surface area contributed by atoms with E-state index in [4.69, 9.17) is 5.73 Å². The molecule has 0 saturated heterocycles. The third-order valence-electron chi connectivity index (χ3n) is 2.54. The Morgan fingerprint density at radius 1 is 1.39 bits per heavy atom. The molecule has 18 heavy (non-hydrogen) atoms. The molecule has 5 heteroatoms. The number of rotatable bonds is 4. The summed E-state index contributed by atoms with van der Waals surface area (Å²) in [5.74, 6) is 0.881. The minimum Gasteiger partial charge on any atom is -0.328 e. The molecule has 0 saturated carbocycles. The van der Waals surface area contributed by atoms with Crippen LogP contribution in [-0.4, -0.2) is 16.0 Å². The number of nitrogens with zero attached hydrogens (tertiary/aromatic N) is 2. The molecule has 2 aromatic heterocycles. The first-order chi connectivity index (χ1) is 8.54. The zero-order valence-electron chi connectivity index (χ0n) is 10.5. The van der Waals surface area contributed by atoms with Crippen LogP contribution in [0.3, 0.4) is 0 Å². The van der Waals surface area contributed by atoms with Gasteiger partial charge in [0.1, 0.15) is 5.82 Å². The number of halogens is 1. The second-order valence-corrected chi connectivity index (χ2v) is 6.28. The van der Waals surface area contributed by atoms with E-state index in [1.807, 2.05) is 19.9 Å². The second kappa shape index (κ2) is 5.91. The van der Waals surface area contributed by atoms with Crippen molar-refractivity contribution in [2.75, 3.05) is 0 Å². The lowest BCUT2D eigenvalue weighted by molar-refractivity contribution is 0.647. The topological polar surface area (TPSA) is 51.8 Å². The van der Waals surface area contributed by atoms with Gasteiger partial charge in [0.2, 0.25) is 0 Å². The van der Waals surface area contributed by atoms with E-state index in [1.54, 1.807) is 11.3 Å². The maximum Gasteiger partial charge on any atom is 0.129 e. The second-order valence-electron chi connectivity index (χ2n) is 4.46. The monoisotopic (exact) mass is 325 g/mol. The molecule has 2 heterocycles. The van der Waals surface area contributed by atoms with E-state index in [9.17, 15) is 0 Å². The van der Waals surface area contributed by atoms with E-state index >= 15 is 0 Å². The summed E-state index contributed by atoms with van der Waals surface area (Å²) in [6.45, 7) is 4.01. The molecule has 0 aliphatic carbocycles. The molecular formula is C13H16BrN3S. The van der Waals surface area contributed by atoms with Crippen LogP contribution in [-0.2, 0) is 6.42 Å². The summed E-state index contributed by atoms with van der Waals surface area (Å²) in [6, 6.07) is 4.29. The van der Waals surface area contributed by atoms with Gasteiger partial charge in [-0.3, -0.25) is 0 Å². The quantitative estimate of drug-likeness (QED) is 0.935. The molecule has 2 N–H and O–H groups in total. The van der Waals surface area contributed by atoms with Crippen LogP contribution in [0.5, 0.6) is 0 Å². The van der Waals surface area contributed by atoms with Crippen LogP contribution in [0.2, 0.25) is 0 Å². The van der Waals surface area contributed by atoms with Crippen LogP contribution >= 0.6 is 27.3 Å². The summed E-state index contributed by atoms with van der Waals surface area (Å²) in [4.78, 5) is 10.2. The molecule has 0 aliphatic rings. The highest BCUT2D eigenvalue weighted by atomic mass is 79.9. The lowest BCUT2D eigenvalue weighted by Gasteiger charge is -2.06. The van der Waals surface area contributed by atoms with Gasteiger partial charge in [0, 0.05) is 28.0 Å². The van der Waals surface area contributed by atoms with Crippen molar-refractivity contribution in [1.82, 2.24) is 9.97 Å². The Kier molecular flexibility index (Phi) is 4.48. The fraction of sp³-hybridized carbons (Fsp3) is 0.385. The Hall–Kier alpha value is -0.780. The highest BCUT2D eigenvalue weighted by Gasteiger charge is 2.07. The van der Waals surface area contributed by atoms with Gasteiger partial charge in [0.25, 0.3) is 0 Å². The number of hydrogen-bond donors (Lipinski definition) is 1. The third kappa shape index (κ3) is 3.60. The van der Waals surface area contributed by atoms with Crippen molar-refractivity contribution >= 4 is 27.3 Å². The highest BCUT2D eigenvalue weighted by Crippen LogP contribution is 2.28. The van der Waals surface area contributed by atoms with Crippen LogP contribution in [0.25, 0.3) is 10.6 Å². The summed E-state index contributed by atoms with van der Waals surface area (Å²) < 4.78 is 1.09. The molecule has 0 bridgehead atoms. The van der Waals surface area contributed by atoms with Gasteiger partial charge in [0.15, 0.2) is 0 Å². The maximum atomic E-state index is 5.77. The molecule has 3 nitrogen and oxygen atoms in total. The summed E-state index contributed by atoms with van der Waals surface area (Å²) in [5.41, 5.74) is 7.77. The summed E-state index contributed by atoms with van der Waals surface area (Å²) >= 11 is 5.15. The number of aromatic nitrogens is 2. The minimum atomic E-state index is 0.188. The SMILES string of the molecule is Cc1cc(-c2cc(Br)cs2)nc(CCC(C)N)n1. The molecular weight excluding hydrogens is 310 g/mol. The molecule has 1 atom stereocenters. The highest BCUT2D eigenvalue weighted by molar-refractivity contribution is 9.10. The zero-order valence-corrected chi connectivity index (χ0v) is 12.9. The molecule has 0 aliphatic heterocycles. The van der Waals surface area contributed by atoms with E-state index in [1.165, 1.54) is 0 Å². The summed E-state index contributed by atoms with van der Waals surface area (Å²) in [7, 11) is 0. The van der Waals surface area contributed by atoms with Gasteiger partial charge >= 0.3 is 0 Å². The predicted molar refractivity (Wildman–Crippen MR) is 79.8 cm³/mol. The predicted octanol–water partition coefficient (Wildman–Crippen LogP) is 3.56. The van der Waals surface area contributed by atoms with Crippen LogP contribution in [0.4, 0.5) is 0 Å². The van der Waals surface area contributed by atoms with Gasteiger partial charge in [-0.1, -0.05) is 0 Å². The first kappa shape index (κ1) is 13.6. The maximum absolute atomic E-state index is 5.77. The first-order valence-corrected chi connectivity index (χ1v) is 7.56. The fourth-order valence-electron chi connectivity index (χ4n) is 1.67. The summed E-state index contributed by atoms with van der Waals surface area (Å²) in [6.07, 6.45) is 1.75. The van der Waals surface area contributed by atoms with E-state index in [2.05, 4.69) is 37.3 Å². The minimum absolute atomic E-state index is 0.188. The van der Waals surface area contributed by atoms with Gasteiger partial charge in [-0.25, -0.2) is 9.97 Å². The first-order valence-electron chi connectivity index (χ1n) is 5.89. The van der Waals surface area contributed by atoms with Crippen molar-refractivity contribution in [1.29, 1.82) is 0 Å². The number of aryl methyl sites for hydroxylation is 2. The van der Waals surface area contributed by atoms with E-state index in [0.717, 1.165) is 39.4 Å². The number of hydrogen-bond acceptors (Lipinski definition) is 4. The van der Waals surface area contributed by atoms with Crippen molar-refractivity contribution in [2.24, 2.45) is 5.73 Å². The van der Waals surface area contributed by atoms with Gasteiger partial charge in [0.05, 0.1) is 10.6 Å². The average Bonchev–Trinajstić information content (AvgIpc) is 2.72. The molecule has 0 spiro atoms. The van der Waals surface area contributed by atoms with Crippen LogP contribution in [0, 0.1) is 6.92 Å². The van der Waals surface area contributed by atoms with E-state index in [-0.39, 0.29) is 6.04 Å². The van der Waals surface area contributed by atoms with Crippen molar-refractivity contribution in [3.8, 4) is 10.6 Å². The third-order valence-corrected chi connectivity index (χ3v) is 4.26. The molecule has 1 unspecified atom stereocenters. The number of thiophene rings is 1. The smallest absolute Gasteiger partial charge is 0.129 e. The fourth-order valence-corrected chi connectivity index (χ4v) is 3.06. The Labute approximate surface area is 120 Å². The van der Waals surface area contributed by atoms with Gasteiger partial charge < -0.3 is 5.73 Å². The molecule has 0 radical (unpaired) electrons. The molecule has 2 rings (SSSR count). The standard InChI is InChI=1S/C13H16BrN3S/c1-8(15)3-4-13-16-9(2)5-11(17-13)12-6-10(14)7-18-12/h5-8H,3-4,15H2,1-2H3. The molecule has 96 valence electrons. The molecule has 0 fully saturated rings. The average molecular weight is 326 g/mol. The normalized spacial score (nSPS) is 12.7. The molecule has 0 amide bonds. The largest absolute Gasteiger partial charge is 0.328 e.